The zero-order chi connectivity index (χ0) is 27.0. The van der Waals surface area contributed by atoms with Crippen LogP contribution in [-0.4, -0.2) is 49.2 Å². The lowest BCUT2D eigenvalue weighted by Crippen LogP contribution is -2.41. The van der Waals surface area contributed by atoms with Gasteiger partial charge < -0.3 is 18.8 Å². The molecule has 1 amide bonds. The molecule has 194 valence electrons. The van der Waals surface area contributed by atoms with E-state index in [4.69, 9.17) is 13.9 Å². The number of hydrogen-bond donors (Lipinski definition) is 0. The van der Waals surface area contributed by atoms with Crippen molar-refractivity contribution >= 4 is 17.0 Å². The van der Waals surface area contributed by atoms with E-state index in [9.17, 15) is 10.1 Å². The first-order chi connectivity index (χ1) is 18.3. The third-order valence-corrected chi connectivity index (χ3v) is 6.85. The minimum Gasteiger partial charge on any atom is -0.485 e. The summed E-state index contributed by atoms with van der Waals surface area (Å²) in [7, 11) is 3.40. The van der Waals surface area contributed by atoms with E-state index in [1.54, 1.807) is 50.6 Å². The summed E-state index contributed by atoms with van der Waals surface area (Å²) in [6.45, 7) is 5.05. The number of benzene rings is 2. The summed E-state index contributed by atoms with van der Waals surface area (Å²) in [5.74, 6) is -0.0371. The number of nitriles is 1. The zero-order valence-corrected chi connectivity index (χ0v) is 21.7. The summed E-state index contributed by atoms with van der Waals surface area (Å²) in [5.41, 5.74) is 3.62. The molecule has 2 atom stereocenters. The maximum atomic E-state index is 15.4. The van der Waals surface area contributed by atoms with Crippen LogP contribution in [0.5, 0.6) is 5.75 Å². The van der Waals surface area contributed by atoms with E-state index >= 15 is 4.39 Å². The minimum atomic E-state index is -0.608. The van der Waals surface area contributed by atoms with Crippen LogP contribution in [0, 0.1) is 29.0 Å². The molecular weight excluding hydrogens is 485 g/mol. The topological polar surface area (TPSA) is 88.6 Å². The molecule has 2 aromatic carbocycles. The van der Waals surface area contributed by atoms with Crippen molar-refractivity contribution in [3.05, 3.63) is 71.7 Å². The molecular formula is C30H28FN3O4. The summed E-state index contributed by atoms with van der Waals surface area (Å²) < 4.78 is 33.2. The van der Waals surface area contributed by atoms with Crippen molar-refractivity contribution in [1.82, 2.24) is 9.88 Å². The third-order valence-electron chi connectivity index (χ3n) is 6.85. The number of nitrogens with zero attached hydrogens (tertiary/aromatic N) is 3. The highest BCUT2D eigenvalue weighted by atomic mass is 19.1. The Labute approximate surface area is 220 Å². The number of carbonyl (C=O) groups excluding carboxylic acids is 1. The number of hydrogen-bond acceptors (Lipinski definition) is 6. The van der Waals surface area contributed by atoms with Crippen LogP contribution in [0.3, 0.4) is 0 Å². The van der Waals surface area contributed by atoms with Gasteiger partial charge >= 0.3 is 0 Å². The van der Waals surface area contributed by atoms with Gasteiger partial charge in [-0.1, -0.05) is 26.0 Å². The van der Waals surface area contributed by atoms with E-state index in [-0.39, 0.29) is 35.2 Å². The van der Waals surface area contributed by atoms with Gasteiger partial charge in [0.1, 0.15) is 23.5 Å². The van der Waals surface area contributed by atoms with Gasteiger partial charge in [0.2, 0.25) is 0 Å². The van der Waals surface area contributed by atoms with Crippen LogP contribution in [0.15, 0.2) is 59.1 Å². The highest BCUT2D eigenvalue weighted by molar-refractivity contribution is 5.95. The lowest BCUT2D eigenvalue weighted by atomic mass is 9.92. The highest BCUT2D eigenvalue weighted by Crippen LogP contribution is 2.37. The van der Waals surface area contributed by atoms with Gasteiger partial charge in [-0.15, -0.1) is 0 Å². The van der Waals surface area contributed by atoms with Gasteiger partial charge in [0.15, 0.2) is 17.1 Å². The normalized spacial score (nSPS) is 19.2. The second-order valence-corrected chi connectivity index (χ2v) is 9.98. The van der Waals surface area contributed by atoms with Gasteiger partial charge in [0.05, 0.1) is 18.8 Å². The van der Waals surface area contributed by atoms with Crippen LogP contribution >= 0.6 is 0 Å². The molecule has 0 N–H and O–H groups in total. The van der Waals surface area contributed by atoms with Crippen molar-refractivity contribution in [2.45, 2.75) is 20.0 Å². The molecule has 1 fully saturated rings. The lowest BCUT2D eigenvalue weighted by molar-refractivity contribution is -0.0563. The molecule has 2 aromatic heterocycles. The van der Waals surface area contributed by atoms with E-state index in [2.05, 4.69) is 11.1 Å². The Bertz CT molecular complexity index is 1530. The number of halogens is 1. The molecule has 0 radical (unpaired) electrons. The molecule has 1 saturated heterocycles. The quantitative estimate of drug-likeness (QED) is 0.329. The number of aromatic nitrogens is 1. The van der Waals surface area contributed by atoms with E-state index in [1.165, 1.54) is 11.0 Å². The van der Waals surface area contributed by atoms with Crippen LogP contribution in [0.25, 0.3) is 33.6 Å². The maximum Gasteiger partial charge on any atom is 0.253 e. The number of furan rings is 1. The number of pyridine rings is 1. The minimum absolute atomic E-state index is 0.0420. The number of carbonyl (C=O) groups is 1. The van der Waals surface area contributed by atoms with Gasteiger partial charge in [0.25, 0.3) is 5.91 Å². The van der Waals surface area contributed by atoms with Crippen LogP contribution in [0.2, 0.25) is 0 Å². The summed E-state index contributed by atoms with van der Waals surface area (Å²) in [4.78, 5) is 18.1. The molecule has 1 aliphatic heterocycles. The predicted molar refractivity (Wildman–Crippen MR) is 141 cm³/mol. The van der Waals surface area contributed by atoms with E-state index in [0.717, 1.165) is 5.56 Å². The Morgan fingerprint density at radius 2 is 1.79 bits per heavy atom. The molecule has 4 aromatic rings. The Kier molecular flexibility index (Phi) is 6.87. The Morgan fingerprint density at radius 3 is 2.45 bits per heavy atom. The Balaban J connectivity index is 1.50. The van der Waals surface area contributed by atoms with Crippen molar-refractivity contribution in [3.63, 3.8) is 0 Å². The fraction of sp³-hybridized carbons (Fsp3) is 0.300. The fourth-order valence-corrected chi connectivity index (χ4v) is 4.85. The van der Waals surface area contributed by atoms with Crippen LogP contribution < -0.4 is 4.74 Å². The second-order valence-electron chi connectivity index (χ2n) is 9.98. The van der Waals surface area contributed by atoms with Crippen molar-refractivity contribution in [3.8, 4) is 34.3 Å². The summed E-state index contributed by atoms with van der Waals surface area (Å²) >= 11 is 0. The van der Waals surface area contributed by atoms with Gasteiger partial charge in [-0.05, 0) is 35.9 Å². The average Bonchev–Trinajstić information content (AvgIpc) is 3.35. The maximum absolute atomic E-state index is 15.4. The molecule has 38 heavy (non-hydrogen) atoms. The monoisotopic (exact) mass is 513 g/mol. The summed E-state index contributed by atoms with van der Waals surface area (Å²) in [5, 5.41) is 9.85. The van der Waals surface area contributed by atoms with Crippen molar-refractivity contribution in [1.29, 1.82) is 5.26 Å². The molecule has 0 saturated carbocycles. The van der Waals surface area contributed by atoms with Gasteiger partial charge in [-0.3, -0.25) is 9.78 Å². The SMILES string of the molecule is CC1COCC(C)C1Oc1c(F)cc(-c2ccnc3cc(-c4ccc(C(=O)N(C)C)cc4)oc23)cc1C#N. The Morgan fingerprint density at radius 1 is 1.08 bits per heavy atom. The Hall–Kier alpha value is -4.22. The number of ether oxygens (including phenoxy) is 2. The average molecular weight is 514 g/mol. The second kappa shape index (κ2) is 10.3. The molecule has 0 aliphatic carbocycles. The van der Waals surface area contributed by atoms with Crippen molar-refractivity contribution in [2.75, 3.05) is 27.3 Å². The molecule has 2 unspecified atom stereocenters. The van der Waals surface area contributed by atoms with Crippen LogP contribution in [0.4, 0.5) is 4.39 Å². The fourth-order valence-electron chi connectivity index (χ4n) is 4.85. The van der Waals surface area contributed by atoms with E-state index in [0.29, 0.717) is 46.8 Å². The first kappa shape index (κ1) is 25.4. The van der Waals surface area contributed by atoms with Gasteiger partial charge in [0, 0.05) is 54.9 Å². The van der Waals surface area contributed by atoms with E-state index in [1.807, 2.05) is 26.0 Å². The lowest BCUT2D eigenvalue weighted by Gasteiger charge is -2.34. The molecule has 0 bridgehead atoms. The zero-order valence-electron chi connectivity index (χ0n) is 21.7. The highest BCUT2D eigenvalue weighted by Gasteiger charge is 2.32. The van der Waals surface area contributed by atoms with Gasteiger partial charge in [-0.25, -0.2) is 4.39 Å². The molecule has 7 nitrogen and oxygen atoms in total. The van der Waals surface area contributed by atoms with Crippen LogP contribution in [-0.2, 0) is 4.74 Å². The molecule has 3 heterocycles. The first-order valence-electron chi connectivity index (χ1n) is 12.5. The summed E-state index contributed by atoms with van der Waals surface area (Å²) in [6, 6.07) is 15.7. The predicted octanol–water partition coefficient (Wildman–Crippen LogP) is 5.92. The number of rotatable bonds is 5. The molecule has 8 heteroatoms. The third kappa shape index (κ3) is 4.73. The first-order valence-corrected chi connectivity index (χ1v) is 12.5. The van der Waals surface area contributed by atoms with E-state index < -0.39 is 5.82 Å². The standard InChI is InChI=1S/C30H28FN3O4/c1-17-15-36-16-18(2)27(17)38-28-22(14-32)11-21(12-24(28)31)23-9-10-33-25-13-26(37-29(23)25)19-5-7-20(8-6-19)30(35)34(3)4/h5-13,17-18,27H,15-16H2,1-4H3. The van der Waals surface area contributed by atoms with Gasteiger partial charge in [-0.2, -0.15) is 5.26 Å². The number of amides is 1. The number of fused-ring (bicyclic) bond motifs is 1. The molecule has 0 spiro atoms. The van der Waals surface area contributed by atoms with Crippen LogP contribution in [0.1, 0.15) is 29.8 Å². The van der Waals surface area contributed by atoms with Crippen molar-refractivity contribution in [2.24, 2.45) is 11.8 Å². The smallest absolute Gasteiger partial charge is 0.253 e. The molecule has 1 aliphatic rings. The van der Waals surface area contributed by atoms with Crippen molar-refractivity contribution < 1.29 is 23.1 Å². The summed E-state index contributed by atoms with van der Waals surface area (Å²) in [6.07, 6.45) is 1.37. The molecule has 5 rings (SSSR count). The largest absolute Gasteiger partial charge is 0.485 e.